The van der Waals surface area contributed by atoms with Gasteiger partial charge in [0.15, 0.2) is 0 Å². The predicted octanol–water partition coefficient (Wildman–Crippen LogP) is 1.95. The largest absolute Gasteiger partial charge is 0.480 e. The number of benzene rings is 1. The standard InChI is InChI=1S/C14H17NO3S/c1-14(2,10-6-4-3-5-7-10)13(18)15-9-19-8-11(15)12(16)17/h3-7,11H,8-9H2,1-2H3,(H,16,17)/t11-/m0/s1. The van der Waals surface area contributed by atoms with Crippen LogP contribution in [0.25, 0.3) is 0 Å². The molecule has 1 fully saturated rings. The quantitative estimate of drug-likeness (QED) is 0.919. The minimum absolute atomic E-state index is 0.129. The first-order valence-corrected chi connectivity index (χ1v) is 7.27. The van der Waals surface area contributed by atoms with Crippen LogP contribution in [0.5, 0.6) is 0 Å². The summed E-state index contributed by atoms with van der Waals surface area (Å²) in [5, 5.41) is 9.16. The number of nitrogens with zero attached hydrogens (tertiary/aromatic N) is 1. The van der Waals surface area contributed by atoms with Gasteiger partial charge in [-0.1, -0.05) is 30.3 Å². The maximum absolute atomic E-state index is 12.6. The second kappa shape index (κ2) is 5.25. The Bertz CT molecular complexity index is 487. The molecule has 1 heterocycles. The lowest BCUT2D eigenvalue weighted by atomic mass is 9.83. The van der Waals surface area contributed by atoms with Gasteiger partial charge >= 0.3 is 5.97 Å². The van der Waals surface area contributed by atoms with E-state index in [-0.39, 0.29) is 5.91 Å². The molecular weight excluding hydrogens is 262 g/mol. The van der Waals surface area contributed by atoms with Crippen LogP contribution in [0.3, 0.4) is 0 Å². The fraction of sp³-hybridized carbons (Fsp3) is 0.429. The molecule has 4 nitrogen and oxygen atoms in total. The van der Waals surface area contributed by atoms with Gasteiger partial charge in [-0.3, -0.25) is 4.79 Å². The minimum Gasteiger partial charge on any atom is -0.480 e. The van der Waals surface area contributed by atoms with Crippen molar-refractivity contribution >= 4 is 23.6 Å². The van der Waals surface area contributed by atoms with Crippen LogP contribution in [-0.4, -0.2) is 39.6 Å². The highest BCUT2D eigenvalue weighted by Gasteiger charge is 2.41. The number of rotatable bonds is 3. The molecule has 102 valence electrons. The lowest BCUT2D eigenvalue weighted by Gasteiger charge is -2.31. The van der Waals surface area contributed by atoms with Crippen molar-refractivity contribution in [2.75, 3.05) is 11.6 Å². The van der Waals surface area contributed by atoms with E-state index < -0.39 is 17.4 Å². The number of aliphatic carboxylic acids is 1. The lowest BCUT2D eigenvalue weighted by Crippen LogP contribution is -2.49. The van der Waals surface area contributed by atoms with Gasteiger partial charge in [0.25, 0.3) is 0 Å². The van der Waals surface area contributed by atoms with E-state index >= 15 is 0 Å². The molecule has 0 aliphatic carbocycles. The van der Waals surface area contributed by atoms with E-state index in [1.807, 2.05) is 44.2 Å². The van der Waals surface area contributed by atoms with Crippen LogP contribution >= 0.6 is 11.8 Å². The van der Waals surface area contributed by atoms with E-state index in [9.17, 15) is 9.59 Å². The molecule has 0 saturated carbocycles. The zero-order valence-corrected chi connectivity index (χ0v) is 11.8. The van der Waals surface area contributed by atoms with Gasteiger partial charge < -0.3 is 10.0 Å². The van der Waals surface area contributed by atoms with Crippen LogP contribution in [0.15, 0.2) is 30.3 Å². The van der Waals surface area contributed by atoms with Crippen molar-refractivity contribution in [1.82, 2.24) is 4.90 Å². The average Bonchev–Trinajstić information content (AvgIpc) is 2.88. The molecule has 19 heavy (non-hydrogen) atoms. The molecular formula is C14H17NO3S. The Labute approximate surface area is 116 Å². The number of carbonyl (C=O) groups excluding carboxylic acids is 1. The van der Waals surface area contributed by atoms with Crippen LogP contribution in [0.2, 0.25) is 0 Å². The van der Waals surface area contributed by atoms with Gasteiger partial charge in [-0.2, -0.15) is 0 Å². The molecule has 1 amide bonds. The number of hydrogen-bond donors (Lipinski definition) is 1. The van der Waals surface area contributed by atoms with Gasteiger partial charge in [-0.15, -0.1) is 11.8 Å². The van der Waals surface area contributed by atoms with Crippen LogP contribution in [-0.2, 0) is 15.0 Å². The smallest absolute Gasteiger partial charge is 0.327 e. The van der Waals surface area contributed by atoms with Crippen molar-refractivity contribution in [2.24, 2.45) is 0 Å². The van der Waals surface area contributed by atoms with Crippen LogP contribution in [0.1, 0.15) is 19.4 Å². The zero-order valence-electron chi connectivity index (χ0n) is 11.0. The summed E-state index contributed by atoms with van der Waals surface area (Å²) in [6, 6.07) is 8.76. The third-order valence-electron chi connectivity index (χ3n) is 3.46. The van der Waals surface area contributed by atoms with E-state index in [4.69, 9.17) is 5.11 Å². The summed E-state index contributed by atoms with van der Waals surface area (Å²) in [6.45, 7) is 3.68. The summed E-state index contributed by atoms with van der Waals surface area (Å²) in [5.41, 5.74) is 0.195. The maximum atomic E-state index is 12.6. The molecule has 0 aromatic heterocycles. The molecule has 2 rings (SSSR count). The van der Waals surface area contributed by atoms with Crippen LogP contribution in [0.4, 0.5) is 0 Å². The summed E-state index contributed by atoms with van der Waals surface area (Å²) >= 11 is 1.48. The molecule has 0 spiro atoms. The number of thioether (sulfide) groups is 1. The fourth-order valence-corrected chi connectivity index (χ4v) is 3.33. The number of carboxylic acid groups (broad SMARTS) is 1. The Hall–Kier alpha value is -1.49. The van der Waals surface area contributed by atoms with E-state index in [1.165, 1.54) is 16.7 Å². The lowest BCUT2D eigenvalue weighted by molar-refractivity contribution is -0.149. The molecule has 1 saturated heterocycles. The van der Waals surface area contributed by atoms with Crippen molar-refractivity contribution in [3.8, 4) is 0 Å². The summed E-state index contributed by atoms with van der Waals surface area (Å²) in [5.74, 6) is -0.142. The van der Waals surface area contributed by atoms with Gasteiger partial charge in [0.1, 0.15) is 6.04 Å². The van der Waals surface area contributed by atoms with Crippen molar-refractivity contribution in [1.29, 1.82) is 0 Å². The predicted molar refractivity (Wildman–Crippen MR) is 75.1 cm³/mol. The number of carboxylic acids is 1. The Morgan fingerprint density at radius 1 is 1.32 bits per heavy atom. The van der Waals surface area contributed by atoms with E-state index in [2.05, 4.69) is 0 Å². The monoisotopic (exact) mass is 279 g/mol. The first kappa shape index (κ1) is 13.9. The molecule has 1 aromatic rings. The Kier molecular flexibility index (Phi) is 3.85. The van der Waals surface area contributed by atoms with Crippen LogP contribution in [0, 0.1) is 0 Å². The van der Waals surface area contributed by atoms with Crippen molar-refractivity contribution in [2.45, 2.75) is 25.3 Å². The molecule has 1 aromatic carbocycles. The third-order valence-corrected chi connectivity index (χ3v) is 4.47. The number of amides is 1. The highest BCUT2D eigenvalue weighted by Crippen LogP contribution is 2.30. The first-order valence-electron chi connectivity index (χ1n) is 6.11. The van der Waals surface area contributed by atoms with E-state index in [0.717, 1.165) is 5.56 Å². The van der Waals surface area contributed by atoms with Crippen molar-refractivity contribution in [3.63, 3.8) is 0 Å². The SMILES string of the molecule is CC(C)(C(=O)N1CSC[C@H]1C(=O)O)c1ccccc1. The fourth-order valence-electron chi connectivity index (χ4n) is 2.18. The summed E-state index contributed by atoms with van der Waals surface area (Å²) < 4.78 is 0. The normalized spacial score (nSPS) is 19.5. The van der Waals surface area contributed by atoms with Crippen molar-refractivity contribution in [3.05, 3.63) is 35.9 Å². The molecule has 1 aliphatic rings. The highest BCUT2D eigenvalue weighted by molar-refractivity contribution is 7.99. The van der Waals surface area contributed by atoms with Gasteiger partial charge in [0.05, 0.1) is 11.3 Å². The van der Waals surface area contributed by atoms with Gasteiger partial charge in [-0.05, 0) is 19.4 Å². The first-order chi connectivity index (χ1) is 8.94. The maximum Gasteiger partial charge on any atom is 0.327 e. The number of hydrogen-bond acceptors (Lipinski definition) is 3. The average molecular weight is 279 g/mol. The molecule has 1 N–H and O–H groups in total. The van der Waals surface area contributed by atoms with Gasteiger partial charge in [-0.25, -0.2) is 4.79 Å². The third kappa shape index (κ3) is 2.61. The van der Waals surface area contributed by atoms with E-state index in [0.29, 0.717) is 11.6 Å². The Balaban J connectivity index is 2.26. The second-order valence-corrected chi connectivity index (χ2v) is 6.12. The molecule has 5 heteroatoms. The number of carbonyl (C=O) groups is 2. The summed E-state index contributed by atoms with van der Waals surface area (Å²) in [6.07, 6.45) is 0. The molecule has 1 atom stereocenters. The molecule has 0 unspecified atom stereocenters. The topological polar surface area (TPSA) is 57.6 Å². The molecule has 1 aliphatic heterocycles. The minimum atomic E-state index is -0.929. The zero-order chi connectivity index (χ0) is 14.0. The van der Waals surface area contributed by atoms with Crippen LogP contribution < -0.4 is 0 Å². The summed E-state index contributed by atoms with van der Waals surface area (Å²) in [7, 11) is 0. The van der Waals surface area contributed by atoms with Gasteiger partial charge in [0, 0.05) is 5.75 Å². The highest BCUT2D eigenvalue weighted by atomic mass is 32.2. The molecule has 0 radical (unpaired) electrons. The Morgan fingerprint density at radius 3 is 2.53 bits per heavy atom. The van der Waals surface area contributed by atoms with E-state index in [1.54, 1.807) is 0 Å². The van der Waals surface area contributed by atoms with Gasteiger partial charge in [0.2, 0.25) is 5.91 Å². The van der Waals surface area contributed by atoms with Crippen molar-refractivity contribution < 1.29 is 14.7 Å². The Morgan fingerprint density at radius 2 is 1.95 bits per heavy atom. The molecule has 0 bridgehead atoms. The second-order valence-electron chi connectivity index (χ2n) is 5.12. The summed E-state index contributed by atoms with van der Waals surface area (Å²) in [4.78, 5) is 25.3.